The number of carbonyl (C=O) groups excluding carboxylic acids is 1. The Kier molecular flexibility index (Phi) is 5.22. The van der Waals surface area contributed by atoms with Crippen molar-refractivity contribution < 1.29 is 14.3 Å². The van der Waals surface area contributed by atoms with Crippen molar-refractivity contribution in [1.29, 1.82) is 0 Å². The van der Waals surface area contributed by atoms with E-state index in [-0.39, 0.29) is 5.97 Å². The Morgan fingerprint density at radius 2 is 2.38 bits per heavy atom. The molecule has 4 nitrogen and oxygen atoms in total. The van der Waals surface area contributed by atoms with Gasteiger partial charge in [-0.2, -0.15) is 0 Å². The van der Waals surface area contributed by atoms with Gasteiger partial charge in [0.05, 0.1) is 18.1 Å². The highest BCUT2D eigenvalue weighted by molar-refractivity contribution is 5.76. The average Bonchev–Trinajstić information content (AvgIpc) is 2.79. The van der Waals surface area contributed by atoms with E-state index in [0.29, 0.717) is 19.3 Å². The molecule has 1 rings (SSSR count). The smallest absolute Gasteiger partial charge is 0.313 e. The van der Waals surface area contributed by atoms with Gasteiger partial charge in [0.25, 0.3) is 0 Å². The molecule has 0 aromatic carbocycles. The van der Waals surface area contributed by atoms with Gasteiger partial charge < -0.3 is 15.2 Å². The zero-order valence-electron chi connectivity index (χ0n) is 10.3. The highest BCUT2D eigenvalue weighted by Gasteiger charge is 2.34. The Labute approximate surface area is 97.5 Å². The second kappa shape index (κ2) is 6.21. The van der Waals surface area contributed by atoms with Crippen molar-refractivity contribution in [3.8, 4) is 0 Å². The van der Waals surface area contributed by atoms with Gasteiger partial charge in [-0.25, -0.2) is 0 Å². The van der Waals surface area contributed by atoms with E-state index in [1.807, 2.05) is 13.8 Å². The number of esters is 1. The molecule has 2 atom stereocenters. The molecule has 0 saturated carbocycles. The number of hydrogen-bond donors (Lipinski definition) is 1. The Hall–Kier alpha value is -0.610. The second-order valence-corrected chi connectivity index (χ2v) is 4.66. The molecule has 2 unspecified atom stereocenters. The molecule has 1 aliphatic rings. The molecule has 4 heteroatoms. The third-order valence-corrected chi connectivity index (χ3v) is 3.26. The Morgan fingerprint density at radius 1 is 1.62 bits per heavy atom. The van der Waals surface area contributed by atoms with Gasteiger partial charge in [-0.15, -0.1) is 0 Å². The average molecular weight is 229 g/mol. The highest BCUT2D eigenvalue weighted by Crippen LogP contribution is 2.28. The Balaban J connectivity index is 2.41. The molecule has 1 fully saturated rings. The maximum atomic E-state index is 11.8. The molecule has 1 saturated heterocycles. The van der Waals surface area contributed by atoms with Crippen LogP contribution in [0.15, 0.2) is 0 Å². The van der Waals surface area contributed by atoms with E-state index in [1.54, 1.807) is 0 Å². The summed E-state index contributed by atoms with van der Waals surface area (Å²) in [6.45, 7) is 5.28. The van der Waals surface area contributed by atoms with Crippen molar-refractivity contribution in [1.82, 2.24) is 0 Å². The maximum Gasteiger partial charge on any atom is 0.313 e. The van der Waals surface area contributed by atoms with Crippen molar-refractivity contribution in [2.24, 2.45) is 11.1 Å². The minimum atomic E-state index is -0.554. The number of hydrogen-bond acceptors (Lipinski definition) is 4. The molecule has 2 N–H and O–H groups in total. The minimum Gasteiger partial charge on any atom is -0.466 e. The van der Waals surface area contributed by atoms with Crippen molar-refractivity contribution >= 4 is 5.97 Å². The quantitative estimate of drug-likeness (QED) is 0.701. The summed E-state index contributed by atoms with van der Waals surface area (Å²) in [5.41, 5.74) is 5.13. The van der Waals surface area contributed by atoms with Crippen LogP contribution in [0.25, 0.3) is 0 Å². The second-order valence-electron chi connectivity index (χ2n) is 4.66. The van der Waals surface area contributed by atoms with Gasteiger partial charge in [0, 0.05) is 13.2 Å². The first-order valence-corrected chi connectivity index (χ1v) is 6.11. The van der Waals surface area contributed by atoms with Crippen LogP contribution in [0.1, 0.15) is 39.5 Å². The largest absolute Gasteiger partial charge is 0.466 e. The lowest BCUT2D eigenvalue weighted by atomic mass is 9.84. The van der Waals surface area contributed by atoms with Crippen LogP contribution in [0.4, 0.5) is 0 Å². The van der Waals surface area contributed by atoms with Gasteiger partial charge in [-0.3, -0.25) is 4.79 Å². The van der Waals surface area contributed by atoms with Gasteiger partial charge in [0.15, 0.2) is 0 Å². The lowest BCUT2D eigenvalue weighted by Gasteiger charge is -2.26. The summed E-state index contributed by atoms with van der Waals surface area (Å²) in [6, 6.07) is 0. The van der Waals surface area contributed by atoms with E-state index in [0.717, 1.165) is 32.3 Å². The third kappa shape index (κ3) is 3.46. The zero-order chi connectivity index (χ0) is 12.0. The summed E-state index contributed by atoms with van der Waals surface area (Å²) in [6.07, 6.45) is 4.17. The van der Waals surface area contributed by atoms with Crippen LogP contribution in [-0.2, 0) is 14.3 Å². The Bertz CT molecular complexity index is 226. The fraction of sp³-hybridized carbons (Fsp3) is 0.917. The summed E-state index contributed by atoms with van der Waals surface area (Å²) in [5, 5.41) is 0. The third-order valence-electron chi connectivity index (χ3n) is 3.26. The summed E-state index contributed by atoms with van der Waals surface area (Å²) in [4.78, 5) is 11.8. The van der Waals surface area contributed by atoms with Crippen molar-refractivity contribution in [2.75, 3.05) is 19.8 Å². The molecule has 94 valence electrons. The normalized spacial score (nSPS) is 24.1. The zero-order valence-corrected chi connectivity index (χ0v) is 10.3. The van der Waals surface area contributed by atoms with Gasteiger partial charge in [-0.05, 0) is 39.5 Å². The highest BCUT2D eigenvalue weighted by atomic mass is 16.5. The molecule has 0 amide bonds. The fourth-order valence-corrected chi connectivity index (χ4v) is 1.94. The number of nitrogens with two attached hydrogens (primary N) is 1. The SMILES string of the molecule is CCOC(=O)C(C)(CN)CCC1CCCO1. The number of rotatable bonds is 6. The van der Waals surface area contributed by atoms with Crippen molar-refractivity contribution in [3.05, 3.63) is 0 Å². The van der Waals surface area contributed by atoms with Crippen LogP contribution in [0.3, 0.4) is 0 Å². The predicted octanol–water partition coefficient (Wildman–Crippen LogP) is 1.47. The predicted molar refractivity (Wildman–Crippen MR) is 62.0 cm³/mol. The van der Waals surface area contributed by atoms with Crippen LogP contribution in [0.2, 0.25) is 0 Å². The molecule has 1 heterocycles. The van der Waals surface area contributed by atoms with Crippen LogP contribution in [-0.4, -0.2) is 31.8 Å². The topological polar surface area (TPSA) is 61.5 Å². The standard InChI is InChI=1S/C12H23NO3/c1-3-15-11(14)12(2,9-13)7-6-10-5-4-8-16-10/h10H,3-9,13H2,1-2H3. The van der Waals surface area contributed by atoms with E-state index in [2.05, 4.69) is 0 Å². The lowest BCUT2D eigenvalue weighted by molar-refractivity contribution is -0.154. The van der Waals surface area contributed by atoms with Gasteiger partial charge >= 0.3 is 5.97 Å². The van der Waals surface area contributed by atoms with Gasteiger partial charge in [0.2, 0.25) is 0 Å². The Morgan fingerprint density at radius 3 is 2.88 bits per heavy atom. The summed E-state index contributed by atoms with van der Waals surface area (Å²) >= 11 is 0. The first-order valence-electron chi connectivity index (χ1n) is 6.11. The first-order chi connectivity index (χ1) is 7.62. The molecular weight excluding hydrogens is 206 g/mol. The minimum absolute atomic E-state index is 0.185. The van der Waals surface area contributed by atoms with Crippen LogP contribution in [0.5, 0.6) is 0 Å². The molecule has 16 heavy (non-hydrogen) atoms. The first kappa shape index (κ1) is 13.5. The van der Waals surface area contributed by atoms with Gasteiger partial charge in [-0.1, -0.05) is 0 Å². The van der Waals surface area contributed by atoms with E-state index >= 15 is 0 Å². The van der Waals surface area contributed by atoms with Crippen molar-refractivity contribution in [2.45, 2.75) is 45.6 Å². The van der Waals surface area contributed by atoms with E-state index in [1.165, 1.54) is 0 Å². The molecule has 0 aromatic rings. The summed E-state index contributed by atoms with van der Waals surface area (Å²) < 4.78 is 10.6. The summed E-state index contributed by atoms with van der Waals surface area (Å²) in [7, 11) is 0. The molecular formula is C12H23NO3. The van der Waals surface area contributed by atoms with Crippen molar-refractivity contribution in [3.63, 3.8) is 0 Å². The molecule has 0 aromatic heterocycles. The van der Waals surface area contributed by atoms with E-state index < -0.39 is 5.41 Å². The van der Waals surface area contributed by atoms with E-state index in [4.69, 9.17) is 15.2 Å². The van der Waals surface area contributed by atoms with E-state index in [9.17, 15) is 4.79 Å². The van der Waals surface area contributed by atoms with Crippen LogP contribution >= 0.6 is 0 Å². The summed E-state index contributed by atoms with van der Waals surface area (Å²) in [5.74, 6) is -0.185. The monoisotopic (exact) mass is 229 g/mol. The fourth-order valence-electron chi connectivity index (χ4n) is 1.94. The molecule has 0 radical (unpaired) electrons. The molecule has 0 spiro atoms. The maximum absolute atomic E-state index is 11.8. The van der Waals surface area contributed by atoms with Crippen LogP contribution in [0, 0.1) is 5.41 Å². The van der Waals surface area contributed by atoms with Gasteiger partial charge in [0.1, 0.15) is 0 Å². The molecule has 0 bridgehead atoms. The lowest BCUT2D eigenvalue weighted by Crippen LogP contribution is -2.38. The molecule has 1 aliphatic heterocycles. The molecule has 0 aliphatic carbocycles. The number of ether oxygens (including phenoxy) is 2. The number of carbonyl (C=O) groups is 1. The van der Waals surface area contributed by atoms with Crippen LogP contribution < -0.4 is 5.73 Å².